The van der Waals surface area contributed by atoms with Crippen LogP contribution < -0.4 is 4.90 Å². The molecule has 0 unspecified atom stereocenters. The minimum absolute atomic E-state index is 0.179. The number of alkyl halides is 3. The van der Waals surface area contributed by atoms with Crippen molar-refractivity contribution in [2.45, 2.75) is 12.6 Å². The lowest BCUT2D eigenvalue weighted by molar-refractivity contribution is -0.137. The maximum Gasteiger partial charge on any atom is 0.417 e. The molecule has 10 heteroatoms. The number of hydrogen-bond acceptors (Lipinski definition) is 5. The Kier molecular flexibility index (Phi) is 6.02. The van der Waals surface area contributed by atoms with Crippen LogP contribution in [0.15, 0.2) is 77.5 Å². The second-order valence-corrected chi connectivity index (χ2v) is 8.18. The smallest absolute Gasteiger partial charge is 0.417 e. The van der Waals surface area contributed by atoms with Crippen molar-refractivity contribution in [1.29, 1.82) is 0 Å². The lowest BCUT2D eigenvalue weighted by Crippen LogP contribution is -2.36. The zero-order chi connectivity index (χ0) is 24.4. The van der Waals surface area contributed by atoms with Crippen LogP contribution in [0.3, 0.4) is 0 Å². The Morgan fingerprint density at radius 2 is 1.77 bits per heavy atom. The van der Waals surface area contributed by atoms with Gasteiger partial charge in [0.25, 0.3) is 5.91 Å². The Balaban J connectivity index is 1.37. The highest BCUT2D eigenvalue weighted by atomic mass is 19.4. The molecule has 4 heterocycles. The number of pyridine rings is 1. The summed E-state index contributed by atoms with van der Waals surface area (Å²) in [6.45, 7) is 1.94. The molecule has 1 aliphatic rings. The number of carbonyl (C=O) groups is 1. The molecule has 0 N–H and O–H groups in total. The maximum atomic E-state index is 13.6. The fourth-order valence-electron chi connectivity index (χ4n) is 4.10. The molecule has 0 saturated carbocycles. The van der Waals surface area contributed by atoms with Gasteiger partial charge in [0.1, 0.15) is 17.2 Å². The molecular formula is C25H22F3N5O2. The molecule has 0 spiro atoms. The predicted molar refractivity (Wildman–Crippen MR) is 123 cm³/mol. The first-order valence-corrected chi connectivity index (χ1v) is 11.2. The van der Waals surface area contributed by atoms with Gasteiger partial charge >= 0.3 is 6.18 Å². The van der Waals surface area contributed by atoms with Gasteiger partial charge in [-0.2, -0.15) is 18.3 Å². The van der Waals surface area contributed by atoms with Gasteiger partial charge in [0.15, 0.2) is 5.76 Å². The van der Waals surface area contributed by atoms with Gasteiger partial charge in [0.05, 0.1) is 17.5 Å². The summed E-state index contributed by atoms with van der Waals surface area (Å²) in [5.74, 6) is 0.840. The Bertz CT molecular complexity index is 1290. The third kappa shape index (κ3) is 4.77. The first-order valence-electron chi connectivity index (χ1n) is 11.2. The zero-order valence-corrected chi connectivity index (χ0v) is 18.7. The predicted octanol–water partition coefficient (Wildman–Crippen LogP) is 4.90. The molecule has 0 aliphatic carbocycles. The molecule has 5 rings (SSSR count). The zero-order valence-electron chi connectivity index (χ0n) is 18.7. The Morgan fingerprint density at radius 3 is 2.46 bits per heavy atom. The average molecular weight is 481 g/mol. The molecular weight excluding hydrogens is 459 g/mol. The Hall–Kier alpha value is -4.08. The number of furan rings is 1. The maximum absolute atomic E-state index is 13.6. The summed E-state index contributed by atoms with van der Waals surface area (Å²) in [6, 6.07) is 17.0. The first kappa shape index (κ1) is 22.7. The molecule has 1 amide bonds. The normalized spacial score (nSPS) is 14.7. The number of benzene rings is 1. The van der Waals surface area contributed by atoms with E-state index in [0.29, 0.717) is 55.6 Å². The number of para-hydroxylation sites is 1. The molecule has 1 saturated heterocycles. The minimum atomic E-state index is -4.43. The lowest BCUT2D eigenvalue weighted by atomic mass is 10.2. The summed E-state index contributed by atoms with van der Waals surface area (Å²) in [4.78, 5) is 21.2. The molecule has 4 aromatic rings. The third-order valence-corrected chi connectivity index (χ3v) is 5.89. The van der Waals surface area contributed by atoms with Crippen molar-refractivity contribution in [3.8, 4) is 17.1 Å². The number of nitrogens with zero attached hydrogens (tertiary/aromatic N) is 5. The van der Waals surface area contributed by atoms with Crippen LogP contribution in [0.25, 0.3) is 17.1 Å². The number of carbonyl (C=O) groups excluding carboxylic acids is 1. The fourth-order valence-corrected chi connectivity index (χ4v) is 4.10. The van der Waals surface area contributed by atoms with E-state index in [-0.39, 0.29) is 5.91 Å². The van der Waals surface area contributed by atoms with E-state index >= 15 is 0 Å². The number of hydrogen-bond donors (Lipinski definition) is 0. The van der Waals surface area contributed by atoms with Gasteiger partial charge in [-0.1, -0.05) is 18.2 Å². The third-order valence-electron chi connectivity index (χ3n) is 5.89. The summed E-state index contributed by atoms with van der Waals surface area (Å²) in [7, 11) is 0. The molecule has 7 nitrogen and oxygen atoms in total. The highest BCUT2D eigenvalue weighted by Crippen LogP contribution is 2.29. The van der Waals surface area contributed by atoms with Gasteiger partial charge in [-0.25, -0.2) is 9.67 Å². The molecule has 1 aliphatic heterocycles. The van der Waals surface area contributed by atoms with Crippen molar-refractivity contribution in [2.24, 2.45) is 0 Å². The molecule has 0 atom stereocenters. The van der Waals surface area contributed by atoms with Gasteiger partial charge in [0, 0.05) is 38.4 Å². The van der Waals surface area contributed by atoms with E-state index in [1.165, 1.54) is 6.07 Å². The van der Waals surface area contributed by atoms with Crippen molar-refractivity contribution >= 4 is 11.7 Å². The highest BCUT2D eigenvalue weighted by molar-refractivity contribution is 5.94. The molecule has 35 heavy (non-hydrogen) atoms. The van der Waals surface area contributed by atoms with Crippen molar-refractivity contribution < 1.29 is 22.4 Å². The van der Waals surface area contributed by atoms with Gasteiger partial charge in [-0.15, -0.1) is 0 Å². The standard InChI is InChI=1S/C25H22F3N5O2/c26-25(27,28)18-9-10-23(29-17-18)31-11-5-12-32(14-13-31)24(34)21-16-20(22-8-4-15-35-22)30-33(21)19-6-2-1-3-7-19/h1-4,6-10,15-17H,5,11-14H2. The van der Waals surface area contributed by atoms with E-state index in [1.54, 1.807) is 34.0 Å². The summed E-state index contributed by atoms with van der Waals surface area (Å²) < 4.78 is 45.7. The monoisotopic (exact) mass is 481 g/mol. The van der Waals surface area contributed by atoms with Crippen LogP contribution in [0.5, 0.6) is 0 Å². The molecule has 3 aromatic heterocycles. The van der Waals surface area contributed by atoms with Crippen LogP contribution in [0, 0.1) is 0 Å². The Labute approximate surface area is 199 Å². The quantitative estimate of drug-likeness (QED) is 0.415. The average Bonchev–Trinajstić information content (AvgIpc) is 3.49. The van der Waals surface area contributed by atoms with Crippen LogP contribution in [0.4, 0.5) is 19.0 Å². The fraction of sp³-hybridized carbons (Fsp3) is 0.240. The minimum Gasteiger partial charge on any atom is -0.463 e. The number of halogens is 3. The van der Waals surface area contributed by atoms with E-state index < -0.39 is 11.7 Å². The van der Waals surface area contributed by atoms with Crippen molar-refractivity contribution in [3.05, 3.63) is 84.4 Å². The molecule has 0 bridgehead atoms. The van der Waals surface area contributed by atoms with Crippen molar-refractivity contribution in [3.63, 3.8) is 0 Å². The van der Waals surface area contributed by atoms with E-state index in [4.69, 9.17) is 4.42 Å². The molecule has 1 aromatic carbocycles. The van der Waals surface area contributed by atoms with Crippen LogP contribution >= 0.6 is 0 Å². The second-order valence-electron chi connectivity index (χ2n) is 8.18. The van der Waals surface area contributed by atoms with Crippen LogP contribution in [-0.4, -0.2) is 51.8 Å². The van der Waals surface area contributed by atoms with Gasteiger partial charge in [0.2, 0.25) is 0 Å². The van der Waals surface area contributed by atoms with Crippen LogP contribution in [-0.2, 0) is 6.18 Å². The summed E-state index contributed by atoms with van der Waals surface area (Å²) in [5, 5.41) is 4.62. The SMILES string of the molecule is O=C(c1cc(-c2ccco2)nn1-c1ccccc1)N1CCCN(c2ccc(C(F)(F)F)cn2)CC1. The Morgan fingerprint density at radius 1 is 0.943 bits per heavy atom. The second kappa shape index (κ2) is 9.28. The number of aromatic nitrogens is 3. The molecule has 1 fully saturated rings. The largest absolute Gasteiger partial charge is 0.463 e. The van der Waals surface area contributed by atoms with Crippen LogP contribution in [0.1, 0.15) is 22.5 Å². The van der Waals surface area contributed by atoms with Crippen LogP contribution in [0.2, 0.25) is 0 Å². The summed E-state index contributed by atoms with van der Waals surface area (Å²) >= 11 is 0. The van der Waals surface area contributed by atoms with Crippen molar-refractivity contribution in [1.82, 2.24) is 19.7 Å². The lowest BCUT2D eigenvalue weighted by Gasteiger charge is -2.23. The van der Waals surface area contributed by atoms with E-state index in [2.05, 4.69) is 10.1 Å². The first-order chi connectivity index (χ1) is 16.9. The van der Waals surface area contributed by atoms with Crippen molar-refractivity contribution in [2.75, 3.05) is 31.1 Å². The molecule has 180 valence electrons. The summed E-state index contributed by atoms with van der Waals surface area (Å²) in [6.07, 6.45) is -1.38. The highest BCUT2D eigenvalue weighted by Gasteiger charge is 2.31. The summed E-state index contributed by atoms with van der Waals surface area (Å²) in [5.41, 5.74) is 0.921. The molecule has 0 radical (unpaired) electrons. The number of rotatable bonds is 4. The van der Waals surface area contributed by atoms with Gasteiger partial charge in [-0.05, 0) is 42.8 Å². The van der Waals surface area contributed by atoms with Gasteiger partial charge in [-0.3, -0.25) is 4.79 Å². The van der Waals surface area contributed by atoms with E-state index in [0.717, 1.165) is 18.0 Å². The topological polar surface area (TPSA) is 67.4 Å². The van der Waals surface area contributed by atoms with E-state index in [9.17, 15) is 18.0 Å². The number of amides is 1. The van der Waals surface area contributed by atoms with Gasteiger partial charge < -0.3 is 14.2 Å². The number of anilines is 1. The van der Waals surface area contributed by atoms with E-state index in [1.807, 2.05) is 35.2 Å².